The minimum Gasteiger partial charge on any atom is -0.497 e. The number of nitrogens with one attached hydrogen (secondary N) is 2. The Morgan fingerprint density at radius 3 is 1.92 bits per heavy atom. The summed E-state index contributed by atoms with van der Waals surface area (Å²) < 4.78 is 22.7. The fourth-order valence-corrected chi connectivity index (χ4v) is 4.09. The lowest BCUT2D eigenvalue weighted by atomic mass is 10.2. The van der Waals surface area contributed by atoms with Crippen molar-refractivity contribution < 1.29 is 23.7 Å². The first kappa shape index (κ1) is 26.2. The van der Waals surface area contributed by atoms with Crippen molar-refractivity contribution in [2.45, 2.75) is 26.1 Å². The number of nitrogens with zero attached hydrogens (tertiary/aromatic N) is 1. The molecule has 196 valence electrons. The molecule has 37 heavy (non-hydrogen) atoms. The Bertz CT molecular complexity index is 1130. The molecule has 1 aliphatic rings. The molecule has 8 nitrogen and oxygen atoms in total. The van der Waals surface area contributed by atoms with Gasteiger partial charge in [0.15, 0.2) is 11.5 Å². The second-order valence-electron chi connectivity index (χ2n) is 8.86. The number of ether oxygens (including phenoxy) is 4. The number of hydrogen-bond acceptors (Lipinski definition) is 6. The van der Waals surface area contributed by atoms with Crippen molar-refractivity contribution >= 4 is 11.7 Å². The van der Waals surface area contributed by atoms with Crippen LogP contribution in [0.15, 0.2) is 66.7 Å². The van der Waals surface area contributed by atoms with Crippen molar-refractivity contribution in [1.29, 1.82) is 0 Å². The number of likely N-dealkylation sites (tertiary alicyclic amines) is 1. The van der Waals surface area contributed by atoms with Crippen molar-refractivity contribution in [3.8, 4) is 23.0 Å². The molecule has 2 amide bonds. The molecule has 0 atom stereocenters. The Labute approximate surface area is 218 Å². The van der Waals surface area contributed by atoms with E-state index in [1.165, 1.54) is 12.8 Å². The van der Waals surface area contributed by atoms with Crippen LogP contribution < -0.4 is 29.6 Å². The Morgan fingerprint density at radius 1 is 0.784 bits per heavy atom. The van der Waals surface area contributed by atoms with Gasteiger partial charge in [-0.1, -0.05) is 24.3 Å². The minimum absolute atomic E-state index is 0.243. The molecule has 4 rings (SSSR count). The van der Waals surface area contributed by atoms with Crippen molar-refractivity contribution in [2.75, 3.05) is 45.7 Å². The summed E-state index contributed by atoms with van der Waals surface area (Å²) in [5, 5.41) is 5.83. The first-order valence-corrected chi connectivity index (χ1v) is 12.6. The van der Waals surface area contributed by atoms with E-state index in [9.17, 15) is 4.79 Å². The molecule has 3 aromatic rings. The summed E-state index contributed by atoms with van der Waals surface area (Å²) in [6.07, 6.45) is 2.47. The number of urea groups is 1. The minimum atomic E-state index is -0.243. The highest BCUT2D eigenvalue weighted by Crippen LogP contribution is 2.32. The average molecular weight is 506 g/mol. The van der Waals surface area contributed by atoms with Gasteiger partial charge in [0.25, 0.3) is 0 Å². The van der Waals surface area contributed by atoms with Gasteiger partial charge in [-0.3, -0.25) is 0 Å². The number of rotatable bonds is 12. The number of carbonyl (C=O) groups is 1. The maximum Gasteiger partial charge on any atom is 0.319 e. The molecule has 0 saturated carbocycles. The van der Waals surface area contributed by atoms with Crippen molar-refractivity contribution in [2.24, 2.45) is 0 Å². The van der Waals surface area contributed by atoms with E-state index in [4.69, 9.17) is 18.9 Å². The van der Waals surface area contributed by atoms with E-state index in [1.807, 2.05) is 60.7 Å². The Morgan fingerprint density at radius 2 is 1.35 bits per heavy atom. The third-order valence-electron chi connectivity index (χ3n) is 6.22. The van der Waals surface area contributed by atoms with Gasteiger partial charge in [0, 0.05) is 24.8 Å². The van der Waals surface area contributed by atoms with Gasteiger partial charge in [-0.25, -0.2) is 4.79 Å². The van der Waals surface area contributed by atoms with Crippen LogP contribution in [0, 0.1) is 0 Å². The first-order chi connectivity index (χ1) is 18.1. The number of methoxy groups -OCH3 is 2. The molecule has 1 saturated heterocycles. The van der Waals surface area contributed by atoms with Gasteiger partial charge in [0.2, 0.25) is 0 Å². The predicted octanol–water partition coefficient (Wildman–Crippen LogP) is 5.08. The number of hydrogen-bond donors (Lipinski definition) is 2. The number of amides is 2. The van der Waals surface area contributed by atoms with Crippen LogP contribution >= 0.6 is 0 Å². The van der Waals surface area contributed by atoms with E-state index in [0.717, 1.165) is 42.3 Å². The lowest BCUT2D eigenvalue weighted by Gasteiger charge is -2.16. The number of benzene rings is 3. The third-order valence-corrected chi connectivity index (χ3v) is 6.22. The van der Waals surface area contributed by atoms with Crippen molar-refractivity contribution in [1.82, 2.24) is 10.2 Å². The van der Waals surface area contributed by atoms with Crippen LogP contribution in [0.4, 0.5) is 10.5 Å². The summed E-state index contributed by atoms with van der Waals surface area (Å²) in [4.78, 5) is 14.8. The zero-order chi connectivity index (χ0) is 25.9. The largest absolute Gasteiger partial charge is 0.497 e. The predicted molar refractivity (Wildman–Crippen MR) is 144 cm³/mol. The Balaban J connectivity index is 1.40. The van der Waals surface area contributed by atoms with Crippen molar-refractivity contribution in [3.05, 3.63) is 77.9 Å². The highest BCUT2D eigenvalue weighted by molar-refractivity contribution is 5.89. The van der Waals surface area contributed by atoms with Gasteiger partial charge in [-0.15, -0.1) is 0 Å². The van der Waals surface area contributed by atoms with E-state index in [-0.39, 0.29) is 6.03 Å². The fraction of sp³-hybridized carbons (Fsp3) is 0.345. The molecule has 0 unspecified atom stereocenters. The van der Waals surface area contributed by atoms with E-state index in [1.54, 1.807) is 20.3 Å². The molecular weight excluding hydrogens is 470 g/mol. The van der Waals surface area contributed by atoms with Crippen LogP contribution in [0.2, 0.25) is 0 Å². The van der Waals surface area contributed by atoms with E-state index >= 15 is 0 Å². The molecule has 0 bridgehead atoms. The molecule has 1 heterocycles. The normalized spacial score (nSPS) is 13.1. The van der Waals surface area contributed by atoms with Crippen LogP contribution in [0.1, 0.15) is 24.0 Å². The zero-order valence-corrected chi connectivity index (χ0v) is 21.5. The van der Waals surface area contributed by atoms with Gasteiger partial charge in [-0.2, -0.15) is 0 Å². The lowest BCUT2D eigenvalue weighted by Crippen LogP contribution is -2.35. The van der Waals surface area contributed by atoms with Crippen molar-refractivity contribution in [3.63, 3.8) is 0 Å². The SMILES string of the molecule is COc1ccc(COc2ccc(NC(=O)NCCN3CCCC3)cc2OCc2ccc(OC)cc2)cc1. The Hall–Kier alpha value is -3.91. The lowest BCUT2D eigenvalue weighted by molar-refractivity contribution is 0.249. The number of carbonyl (C=O) groups excluding carboxylic acids is 1. The molecule has 1 aliphatic heterocycles. The summed E-state index contributed by atoms with van der Waals surface area (Å²) >= 11 is 0. The quantitative estimate of drug-likeness (QED) is 0.357. The monoisotopic (exact) mass is 505 g/mol. The third kappa shape index (κ3) is 8.05. The van der Waals surface area contributed by atoms with Gasteiger partial charge in [0.1, 0.15) is 24.7 Å². The highest BCUT2D eigenvalue weighted by Gasteiger charge is 2.13. The fourth-order valence-electron chi connectivity index (χ4n) is 4.09. The van der Waals surface area contributed by atoms with Gasteiger partial charge in [0.05, 0.1) is 14.2 Å². The van der Waals surface area contributed by atoms with Crippen LogP contribution in [-0.4, -0.2) is 51.3 Å². The average Bonchev–Trinajstić information content (AvgIpc) is 3.45. The highest BCUT2D eigenvalue weighted by atomic mass is 16.5. The molecule has 0 aromatic heterocycles. The van der Waals surface area contributed by atoms with E-state index in [0.29, 0.717) is 36.9 Å². The van der Waals surface area contributed by atoms with E-state index in [2.05, 4.69) is 15.5 Å². The number of anilines is 1. The second kappa shape index (κ2) is 13.4. The standard InChI is InChI=1S/C29H35N3O5/c1-34-25-10-5-22(6-11-25)20-36-27-14-9-24(31-29(33)30-15-18-32-16-3-4-17-32)19-28(27)37-21-23-7-12-26(35-2)13-8-23/h5-14,19H,3-4,15-18,20-21H2,1-2H3,(H2,30,31,33). The Kier molecular flexibility index (Phi) is 9.48. The molecule has 1 fully saturated rings. The summed E-state index contributed by atoms with van der Waals surface area (Å²) in [5.41, 5.74) is 2.61. The maximum absolute atomic E-state index is 12.5. The summed E-state index contributed by atoms with van der Waals surface area (Å²) in [6, 6.07) is 20.6. The summed E-state index contributed by atoms with van der Waals surface area (Å²) in [5.74, 6) is 2.71. The molecule has 0 spiro atoms. The van der Waals surface area contributed by atoms with Crippen LogP contribution in [0.3, 0.4) is 0 Å². The zero-order valence-electron chi connectivity index (χ0n) is 21.5. The molecule has 3 aromatic carbocycles. The van der Waals surface area contributed by atoms with Crippen LogP contribution in [-0.2, 0) is 13.2 Å². The summed E-state index contributed by atoms with van der Waals surface area (Å²) in [6.45, 7) is 4.39. The molecule has 0 radical (unpaired) electrons. The van der Waals surface area contributed by atoms with Gasteiger partial charge >= 0.3 is 6.03 Å². The second-order valence-corrected chi connectivity index (χ2v) is 8.86. The van der Waals surface area contributed by atoms with Crippen LogP contribution in [0.5, 0.6) is 23.0 Å². The molecule has 2 N–H and O–H groups in total. The van der Waals surface area contributed by atoms with Crippen LogP contribution in [0.25, 0.3) is 0 Å². The first-order valence-electron chi connectivity index (χ1n) is 12.6. The molecule has 0 aliphatic carbocycles. The topological polar surface area (TPSA) is 81.3 Å². The van der Waals surface area contributed by atoms with Gasteiger partial charge in [-0.05, 0) is 73.5 Å². The smallest absolute Gasteiger partial charge is 0.319 e. The van der Waals surface area contributed by atoms with E-state index < -0.39 is 0 Å². The molecular formula is C29H35N3O5. The summed E-state index contributed by atoms with van der Waals surface area (Å²) in [7, 11) is 3.28. The van der Waals surface area contributed by atoms with Gasteiger partial charge < -0.3 is 34.5 Å². The maximum atomic E-state index is 12.5. The molecule has 8 heteroatoms.